The van der Waals surface area contributed by atoms with Crippen molar-refractivity contribution in [2.75, 3.05) is 0 Å². The molecule has 1 aromatic rings. The quantitative estimate of drug-likeness (QED) is 0.677. The van der Waals surface area contributed by atoms with Gasteiger partial charge >= 0.3 is 0 Å². The van der Waals surface area contributed by atoms with Gasteiger partial charge in [0.25, 0.3) is 0 Å². The molecule has 0 aromatic heterocycles. The SMILES string of the molecule is CC1(CC2=CCCCC2)C=c2ccccc2=C1. The second-order valence-corrected chi connectivity index (χ2v) is 5.71. The zero-order chi connectivity index (χ0) is 11.7. The van der Waals surface area contributed by atoms with Crippen molar-refractivity contribution in [3.63, 3.8) is 0 Å². The number of fused-ring (bicyclic) bond motifs is 1. The average molecular weight is 224 g/mol. The van der Waals surface area contributed by atoms with E-state index in [1.807, 2.05) is 0 Å². The normalized spacial score (nSPS) is 21.1. The first-order valence-electron chi connectivity index (χ1n) is 6.74. The molecular weight excluding hydrogens is 204 g/mol. The van der Waals surface area contributed by atoms with Crippen LogP contribution in [0.25, 0.3) is 12.2 Å². The maximum Gasteiger partial charge on any atom is 0.00881 e. The fourth-order valence-corrected chi connectivity index (χ4v) is 3.18. The third-order valence-electron chi connectivity index (χ3n) is 3.96. The zero-order valence-electron chi connectivity index (χ0n) is 10.6. The van der Waals surface area contributed by atoms with E-state index in [-0.39, 0.29) is 5.41 Å². The van der Waals surface area contributed by atoms with Crippen molar-refractivity contribution in [1.82, 2.24) is 0 Å². The minimum Gasteiger partial charge on any atom is -0.0853 e. The van der Waals surface area contributed by atoms with Crippen LogP contribution >= 0.6 is 0 Å². The molecule has 3 rings (SSSR count). The summed E-state index contributed by atoms with van der Waals surface area (Å²) in [5, 5.41) is 2.82. The van der Waals surface area contributed by atoms with E-state index in [4.69, 9.17) is 0 Å². The van der Waals surface area contributed by atoms with Crippen LogP contribution in [0.3, 0.4) is 0 Å². The number of benzene rings is 1. The summed E-state index contributed by atoms with van der Waals surface area (Å²) in [6.07, 6.45) is 13.9. The molecule has 0 nitrogen and oxygen atoms in total. The lowest BCUT2D eigenvalue weighted by Crippen LogP contribution is -2.19. The van der Waals surface area contributed by atoms with Crippen LogP contribution in [0.2, 0.25) is 0 Å². The summed E-state index contributed by atoms with van der Waals surface area (Å²) in [5.74, 6) is 0. The summed E-state index contributed by atoms with van der Waals surface area (Å²) in [7, 11) is 0. The van der Waals surface area contributed by atoms with Crippen LogP contribution in [-0.2, 0) is 0 Å². The van der Waals surface area contributed by atoms with E-state index < -0.39 is 0 Å². The van der Waals surface area contributed by atoms with E-state index in [0.29, 0.717) is 0 Å². The Balaban J connectivity index is 1.89. The highest BCUT2D eigenvalue weighted by Gasteiger charge is 2.23. The number of rotatable bonds is 2. The van der Waals surface area contributed by atoms with Gasteiger partial charge in [0, 0.05) is 5.41 Å². The Bertz CT molecular complexity index is 525. The van der Waals surface area contributed by atoms with Crippen LogP contribution < -0.4 is 10.4 Å². The van der Waals surface area contributed by atoms with Crippen LogP contribution in [0, 0.1) is 5.41 Å². The van der Waals surface area contributed by atoms with Gasteiger partial charge in [0.05, 0.1) is 0 Å². The third-order valence-corrected chi connectivity index (χ3v) is 3.96. The maximum atomic E-state index is 2.47. The molecule has 0 radical (unpaired) electrons. The monoisotopic (exact) mass is 224 g/mol. The molecule has 0 bridgehead atoms. The highest BCUT2D eigenvalue weighted by Crippen LogP contribution is 2.34. The second-order valence-electron chi connectivity index (χ2n) is 5.71. The summed E-state index contributed by atoms with van der Waals surface area (Å²) >= 11 is 0. The van der Waals surface area contributed by atoms with Crippen LogP contribution in [0.5, 0.6) is 0 Å². The van der Waals surface area contributed by atoms with E-state index >= 15 is 0 Å². The Labute approximate surface area is 103 Å². The molecule has 0 aliphatic heterocycles. The highest BCUT2D eigenvalue weighted by atomic mass is 14.3. The molecule has 0 spiro atoms. The number of hydrogen-bond donors (Lipinski definition) is 0. The zero-order valence-corrected chi connectivity index (χ0v) is 10.6. The van der Waals surface area contributed by atoms with Crippen molar-refractivity contribution in [1.29, 1.82) is 0 Å². The van der Waals surface area contributed by atoms with Crippen molar-refractivity contribution >= 4 is 12.2 Å². The van der Waals surface area contributed by atoms with Crippen molar-refractivity contribution in [3.05, 3.63) is 46.4 Å². The van der Waals surface area contributed by atoms with Crippen molar-refractivity contribution in [2.24, 2.45) is 5.41 Å². The van der Waals surface area contributed by atoms with E-state index in [0.717, 1.165) is 0 Å². The number of allylic oxidation sites excluding steroid dienone is 2. The standard InChI is InChI=1S/C17H20/c1-17(11-14-7-3-2-4-8-14)12-15-9-5-6-10-16(15)13-17/h5-7,9-10,12-13H,2-4,8,11H2,1H3. The minimum atomic E-state index is 0.243. The molecule has 0 amide bonds. The first-order chi connectivity index (χ1) is 8.25. The van der Waals surface area contributed by atoms with Crippen molar-refractivity contribution in [3.8, 4) is 0 Å². The summed E-state index contributed by atoms with van der Waals surface area (Å²) in [4.78, 5) is 0. The summed E-state index contributed by atoms with van der Waals surface area (Å²) in [5.41, 5.74) is 1.91. The van der Waals surface area contributed by atoms with Crippen LogP contribution in [0.15, 0.2) is 35.9 Å². The van der Waals surface area contributed by atoms with E-state index in [1.165, 1.54) is 42.5 Å². The Morgan fingerprint density at radius 2 is 1.76 bits per heavy atom. The third kappa shape index (κ3) is 2.22. The first kappa shape index (κ1) is 10.8. The molecule has 0 N–H and O–H groups in total. The fraction of sp³-hybridized carbons (Fsp3) is 0.412. The number of hydrogen-bond acceptors (Lipinski definition) is 0. The fourth-order valence-electron chi connectivity index (χ4n) is 3.18. The summed E-state index contributed by atoms with van der Waals surface area (Å²) < 4.78 is 0. The lowest BCUT2D eigenvalue weighted by Gasteiger charge is -2.23. The minimum absolute atomic E-state index is 0.243. The van der Waals surface area contributed by atoms with Crippen molar-refractivity contribution in [2.45, 2.75) is 39.0 Å². The summed E-state index contributed by atoms with van der Waals surface area (Å²) in [6, 6.07) is 8.72. The lowest BCUT2D eigenvalue weighted by molar-refractivity contribution is 0.577. The molecule has 0 unspecified atom stereocenters. The molecule has 0 saturated carbocycles. The Hall–Kier alpha value is -1.30. The van der Waals surface area contributed by atoms with Gasteiger partial charge in [-0.1, -0.05) is 55.0 Å². The van der Waals surface area contributed by atoms with E-state index in [1.54, 1.807) is 5.57 Å². The molecule has 0 fully saturated rings. The molecule has 2 aliphatic rings. The van der Waals surface area contributed by atoms with Gasteiger partial charge < -0.3 is 0 Å². The van der Waals surface area contributed by atoms with E-state index in [2.05, 4.69) is 49.4 Å². The predicted octanol–water partition coefficient (Wildman–Crippen LogP) is 3.16. The summed E-state index contributed by atoms with van der Waals surface area (Å²) in [6.45, 7) is 2.36. The molecule has 0 saturated heterocycles. The molecule has 1 aromatic carbocycles. The van der Waals surface area contributed by atoms with Gasteiger partial charge in [0.1, 0.15) is 0 Å². The maximum absolute atomic E-state index is 2.47. The van der Waals surface area contributed by atoms with Crippen LogP contribution in [0.4, 0.5) is 0 Å². The molecule has 0 heterocycles. The first-order valence-corrected chi connectivity index (χ1v) is 6.74. The van der Waals surface area contributed by atoms with Gasteiger partial charge in [-0.25, -0.2) is 0 Å². The lowest BCUT2D eigenvalue weighted by atomic mass is 9.81. The topological polar surface area (TPSA) is 0 Å². The Morgan fingerprint density at radius 1 is 1.06 bits per heavy atom. The largest absolute Gasteiger partial charge is 0.0853 e. The van der Waals surface area contributed by atoms with Gasteiger partial charge in [0.2, 0.25) is 0 Å². The molecular formula is C17H20. The van der Waals surface area contributed by atoms with Crippen molar-refractivity contribution < 1.29 is 0 Å². The van der Waals surface area contributed by atoms with Gasteiger partial charge in [-0.3, -0.25) is 0 Å². The molecule has 88 valence electrons. The highest BCUT2D eigenvalue weighted by molar-refractivity contribution is 5.57. The van der Waals surface area contributed by atoms with E-state index in [9.17, 15) is 0 Å². The van der Waals surface area contributed by atoms with Crippen LogP contribution in [-0.4, -0.2) is 0 Å². The molecule has 2 aliphatic carbocycles. The van der Waals surface area contributed by atoms with Gasteiger partial charge in [-0.2, -0.15) is 0 Å². The molecule has 17 heavy (non-hydrogen) atoms. The predicted molar refractivity (Wildman–Crippen MR) is 73.9 cm³/mol. The Kier molecular flexibility index (Phi) is 2.66. The average Bonchev–Trinajstić information content (AvgIpc) is 2.66. The molecule has 0 atom stereocenters. The van der Waals surface area contributed by atoms with Gasteiger partial charge in [-0.05, 0) is 42.5 Å². The van der Waals surface area contributed by atoms with Gasteiger partial charge in [0.15, 0.2) is 0 Å². The second kappa shape index (κ2) is 4.18. The molecule has 0 heteroatoms. The smallest absolute Gasteiger partial charge is 0.00881 e. The Morgan fingerprint density at radius 3 is 2.35 bits per heavy atom. The van der Waals surface area contributed by atoms with Gasteiger partial charge in [-0.15, -0.1) is 0 Å². The van der Waals surface area contributed by atoms with Crippen LogP contribution in [0.1, 0.15) is 39.0 Å².